The van der Waals surface area contributed by atoms with E-state index in [1.54, 1.807) is 0 Å². The fraction of sp³-hybridized carbons (Fsp3) is 0. The number of rotatable bonds is 1. The van der Waals surface area contributed by atoms with Gasteiger partial charge in [0.15, 0.2) is 0 Å². The summed E-state index contributed by atoms with van der Waals surface area (Å²) in [5.74, 6) is -1.43. The van der Waals surface area contributed by atoms with Crippen LogP contribution in [0.15, 0.2) is 35.1 Å². The lowest BCUT2D eigenvalue weighted by molar-refractivity contribution is 0.588. The van der Waals surface area contributed by atoms with E-state index in [1.807, 2.05) is 0 Å². The van der Waals surface area contributed by atoms with E-state index in [1.165, 1.54) is 12.1 Å². The van der Waals surface area contributed by atoms with Crippen molar-refractivity contribution in [2.75, 3.05) is 0 Å². The first-order valence-electron chi connectivity index (χ1n) is 4.18. The minimum atomic E-state index is -0.713. The Labute approximate surface area is 83.4 Å². The maximum Gasteiger partial charge on any atom is 0.264 e. The summed E-state index contributed by atoms with van der Waals surface area (Å²) in [6.07, 6.45) is 0. The first kappa shape index (κ1) is 9.51. The van der Waals surface area contributed by atoms with Crippen LogP contribution in [0.5, 0.6) is 0 Å². The smallest absolute Gasteiger partial charge is 0.264 e. The predicted molar refractivity (Wildman–Crippen MR) is 50.2 cm³/mol. The van der Waals surface area contributed by atoms with Gasteiger partial charge in [0.1, 0.15) is 11.6 Å². The summed E-state index contributed by atoms with van der Waals surface area (Å²) in [5.41, 5.74) is -0.602. The van der Waals surface area contributed by atoms with E-state index in [4.69, 9.17) is 0 Å². The molecule has 0 fully saturated rings. The van der Waals surface area contributed by atoms with E-state index in [9.17, 15) is 13.6 Å². The SMILES string of the molecule is O=c1ccc(-c2c(F)cccc2F)n[nH]1. The summed E-state index contributed by atoms with van der Waals surface area (Å²) in [6.45, 7) is 0. The van der Waals surface area contributed by atoms with Crippen molar-refractivity contribution >= 4 is 0 Å². The van der Waals surface area contributed by atoms with E-state index in [0.29, 0.717) is 0 Å². The van der Waals surface area contributed by atoms with Crippen molar-refractivity contribution in [2.24, 2.45) is 0 Å². The van der Waals surface area contributed by atoms with E-state index in [2.05, 4.69) is 10.2 Å². The Kier molecular flexibility index (Phi) is 2.29. The van der Waals surface area contributed by atoms with Gasteiger partial charge in [-0.25, -0.2) is 13.9 Å². The second-order valence-corrected chi connectivity index (χ2v) is 2.90. The third-order valence-corrected chi connectivity index (χ3v) is 1.90. The summed E-state index contributed by atoms with van der Waals surface area (Å²) in [5, 5.41) is 5.67. The van der Waals surface area contributed by atoms with Crippen molar-refractivity contribution < 1.29 is 8.78 Å². The molecule has 0 bridgehead atoms. The fourth-order valence-electron chi connectivity index (χ4n) is 1.23. The molecule has 15 heavy (non-hydrogen) atoms. The Morgan fingerprint density at radius 3 is 2.27 bits per heavy atom. The molecule has 0 saturated heterocycles. The van der Waals surface area contributed by atoms with Crippen LogP contribution >= 0.6 is 0 Å². The third-order valence-electron chi connectivity index (χ3n) is 1.90. The van der Waals surface area contributed by atoms with Crippen molar-refractivity contribution in [1.82, 2.24) is 10.2 Å². The molecule has 0 spiro atoms. The molecule has 1 aromatic heterocycles. The second kappa shape index (κ2) is 3.61. The monoisotopic (exact) mass is 208 g/mol. The number of hydrogen-bond donors (Lipinski definition) is 1. The van der Waals surface area contributed by atoms with Gasteiger partial charge < -0.3 is 0 Å². The molecular formula is C10H6F2N2O. The number of nitrogens with zero attached hydrogens (tertiary/aromatic N) is 1. The summed E-state index contributed by atoms with van der Waals surface area (Å²) in [6, 6.07) is 5.95. The summed E-state index contributed by atoms with van der Waals surface area (Å²) < 4.78 is 26.5. The zero-order valence-corrected chi connectivity index (χ0v) is 7.50. The van der Waals surface area contributed by atoms with Gasteiger partial charge in [0.2, 0.25) is 0 Å². The molecule has 0 aliphatic carbocycles. The number of aromatic amines is 1. The Balaban J connectivity index is 2.63. The number of H-pyrrole nitrogens is 1. The van der Waals surface area contributed by atoms with Gasteiger partial charge in [0, 0.05) is 6.07 Å². The first-order chi connectivity index (χ1) is 7.18. The normalized spacial score (nSPS) is 10.3. The van der Waals surface area contributed by atoms with Crippen LogP contribution in [-0.4, -0.2) is 10.2 Å². The fourth-order valence-corrected chi connectivity index (χ4v) is 1.23. The maximum atomic E-state index is 13.3. The standard InChI is InChI=1S/C10H6F2N2O/c11-6-2-1-3-7(12)10(6)8-4-5-9(15)14-13-8/h1-5H,(H,14,15). The highest BCUT2D eigenvalue weighted by Gasteiger charge is 2.11. The van der Waals surface area contributed by atoms with E-state index >= 15 is 0 Å². The minimum absolute atomic E-state index is 0.0604. The Hall–Kier alpha value is -2.04. The first-order valence-corrected chi connectivity index (χ1v) is 4.18. The maximum absolute atomic E-state index is 13.3. The lowest BCUT2D eigenvalue weighted by Crippen LogP contribution is -2.06. The van der Waals surface area contributed by atoms with Gasteiger partial charge in [-0.05, 0) is 18.2 Å². The molecule has 1 aromatic carbocycles. The third kappa shape index (κ3) is 1.76. The number of nitrogens with one attached hydrogen (secondary N) is 1. The molecule has 0 aliphatic heterocycles. The predicted octanol–water partition coefficient (Wildman–Crippen LogP) is 1.72. The lowest BCUT2D eigenvalue weighted by Gasteiger charge is -2.02. The van der Waals surface area contributed by atoms with E-state index < -0.39 is 17.2 Å². The van der Waals surface area contributed by atoms with E-state index in [0.717, 1.165) is 18.2 Å². The molecular weight excluding hydrogens is 202 g/mol. The Morgan fingerprint density at radius 1 is 1.07 bits per heavy atom. The van der Waals surface area contributed by atoms with Crippen LogP contribution in [0, 0.1) is 11.6 Å². The van der Waals surface area contributed by atoms with Crippen molar-refractivity contribution in [2.45, 2.75) is 0 Å². The molecule has 76 valence electrons. The molecule has 5 heteroatoms. The average molecular weight is 208 g/mol. The molecule has 3 nitrogen and oxygen atoms in total. The van der Waals surface area contributed by atoms with Crippen LogP contribution in [0.3, 0.4) is 0 Å². The van der Waals surface area contributed by atoms with Crippen molar-refractivity contribution in [3.05, 3.63) is 52.3 Å². The van der Waals surface area contributed by atoms with Gasteiger partial charge in [-0.3, -0.25) is 4.79 Å². The van der Waals surface area contributed by atoms with Gasteiger partial charge in [-0.15, -0.1) is 0 Å². The van der Waals surface area contributed by atoms with E-state index in [-0.39, 0.29) is 11.3 Å². The van der Waals surface area contributed by atoms with Crippen LogP contribution in [0.2, 0.25) is 0 Å². The van der Waals surface area contributed by atoms with Crippen molar-refractivity contribution in [3.63, 3.8) is 0 Å². The van der Waals surface area contributed by atoms with Gasteiger partial charge in [0.25, 0.3) is 5.56 Å². The Morgan fingerprint density at radius 2 is 1.73 bits per heavy atom. The van der Waals surface area contributed by atoms with Crippen LogP contribution in [0.25, 0.3) is 11.3 Å². The number of benzene rings is 1. The average Bonchev–Trinajstić information content (AvgIpc) is 2.20. The highest BCUT2D eigenvalue weighted by molar-refractivity contribution is 5.59. The molecule has 1 N–H and O–H groups in total. The molecule has 0 amide bonds. The highest BCUT2D eigenvalue weighted by Crippen LogP contribution is 2.22. The summed E-state index contributed by atoms with van der Waals surface area (Å²) in [7, 11) is 0. The Bertz CT molecular complexity index is 511. The number of hydrogen-bond acceptors (Lipinski definition) is 2. The molecule has 1 heterocycles. The van der Waals surface area contributed by atoms with Crippen LogP contribution < -0.4 is 5.56 Å². The molecule has 0 aliphatic rings. The zero-order chi connectivity index (χ0) is 10.8. The van der Waals surface area contributed by atoms with Crippen LogP contribution in [0.4, 0.5) is 8.78 Å². The highest BCUT2D eigenvalue weighted by atomic mass is 19.1. The van der Waals surface area contributed by atoms with Crippen LogP contribution in [0.1, 0.15) is 0 Å². The largest absolute Gasteiger partial charge is 0.268 e. The lowest BCUT2D eigenvalue weighted by atomic mass is 10.1. The van der Waals surface area contributed by atoms with Gasteiger partial charge in [0.05, 0.1) is 11.3 Å². The minimum Gasteiger partial charge on any atom is -0.268 e. The topological polar surface area (TPSA) is 45.8 Å². The molecule has 0 radical (unpaired) electrons. The number of halogens is 2. The summed E-state index contributed by atoms with van der Waals surface area (Å²) in [4.78, 5) is 10.7. The number of aromatic nitrogens is 2. The van der Waals surface area contributed by atoms with Crippen LogP contribution in [-0.2, 0) is 0 Å². The van der Waals surface area contributed by atoms with Gasteiger partial charge in [-0.2, -0.15) is 5.10 Å². The van der Waals surface area contributed by atoms with Gasteiger partial charge >= 0.3 is 0 Å². The molecule has 0 atom stereocenters. The molecule has 0 saturated carbocycles. The molecule has 2 rings (SSSR count). The van der Waals surface area contributed by atoms with Gasteiger partial charge in [-0.1, -0.05) is 6.07 Å². The summed E-state index contributed by atoms with van der Waals surface area (Å²) >= 11 is 0. The molecule has 2 aromatic rings. The van der Waals surface area contributed by atoms with Crippen molar-refractivity contribution in [1.29, 1.82) is 0 Å². The quantitative estimate of drug-likeness (QED) is 0.775. The zero-order valence-electron chi connectivity index (χ0n) is 7.50. The van der Waals surface area contributed by atoms with Crippen molar-refractivity contribution in [3.8, 4) is 11.3 Å². The molecule has 0 unspecified atom stereocenters. The second-order valence-electron chi connectivity index (χ2n) is 2.90.